The molecular formula is C15H27B. The molecule has 0 spiro atoms. The molecule has 0 amide bonds. The van der Waals surface area contributed by atoms with Crippen molar-refractivity contribution >= 4 is 7.85 Å². The van der Waals surface area contributed by atoms with E-state index in [2.05, 4.69) is 20.8 Å². The highest BCUT2D eigenvalue weighted by atomic mass is 14.5. The van der Waals surface area contributed by atoms with Crippen molar-refractivity contribution < 1.29 is 0 Å². The van der Waals surface area contributed by atoms with E-state index < -0.39 is 0 Å². The highest BCUT2D eigenvalue weighted by Crippen LogP contribution is 2.55. The average molecular weight is 218 g/mol. The molecule has 16 heavy (non-hydrogen) atoms. The molecule has 0 aromatic carbocycles. The second-order valence-corrected chi connectivity index (χ2v) is 6.85. The van der Waals surface area contributed by atoms with Crippen molar-refractivity contribution in [1.29, 1.82) is 0 Å². The van der Waals surface area contributed by atoms with Gasteiger partial charge in [-0.15, -0.1) is 0 Å². The molecule has 0 aromatic heterocycles. The third-order valence-electron chi connectivity index (χ3n) is 5.79. The number of hydrogen-bond acceptors (Lipinski definition) is 0. The highest BCUT2D eigenvalue weighted by Gasteiger charge is 2.46. The van der Waals surface area contributed by atoms with E-state index in [9.17, 15) is 0 Å². The molecule has 2 radical (unpaired) electrons. The van der Waals surface area contributed by atoms with E-state index in [4.69, 9.17) is 7.85 Å². The van der Waals surface area contributed by atoms with Gasteiger partial charge >= 0.3 is 0 Å². The first-order chi connectivity index (χ1) is 7.57. The van der Waals surface area contributed by atoms with Crippen LogP contribution in [0.5, 0.6) is 0 Å². The van der Waals surface area contributed by atoms with Crippen LogP contribution in [0, 0.1) is 29.1 Å². The van der Waals surface area contributed by atoms with Crippen LogP contribution >= 0.6 is 0 Å². The maximum Gasteiger partial charge on any atom is 0.0653 e. The first kappa shape index (κ1) is 12.5. The third kappa shape index (κ3) is 2.07. The quantitative estimate of drug-likeness (QED) is 0.600. The van der Waals surface area contributed by atoms with Gasteiger partial charge in [0.05, 0.1) is 7.85 Å². The van der Waals surface area contributed by atoms with Gasteiger partial charge in [-0.25, -0.2) is 0 Å². The predicted octanol–water partition coefficient (Wildman–Crippen LogP) is 4.45. The van der Waals surface area contributed by atoms with Crippen molar-refractivity contribution in [2.24, 2.45) is 29.1 Å². The van der Waals surface area contributed by atoms with Crippen LogP contribution in [0.3, 0.4) is 0 Å². The Labute approximate surface area is 103 Å². The molecule has 2 saturated carbocycles. The van der Waals surface area contributed by atoms with Crippen LogP contribution < -0.4 is 0 Å². The molecule has 2 aliphatic rings. The molecule has 0 nitrogen and oxygen atoms in total. The largest absolute Gasteiger partial charge is 0.0884 e. The van der Waals surface area contributed by atoms with Gasteiger partial charge in [0, 0.05) is 0 Å². The Hall–Kier alpha value is 0.0649. The zero-order chi connectivity index (χ0) is 11.8. The normalized spacial score (nSPS) is 42.7. The van der Waals surface area contributed by atoms with Crippen molar-refractivity contribution in [3.05, 3.63) is 0 Å². The first-order valence-electron chi connectivity index (χ1n) is 7.27. The van der Waals surface area contributed by atoms with Crippen LogP contribution in [-0.2, 0) is 0 Å². The predicted molar refractivity (Wildman–Crippen MR) is 71.7 cm³/mol. The summed E-state index contributed by atoms with van der Waals surface area (Å²) >= 11 is 0. The molecule has 4 atom stereocenters. The smallest absolute Gasteiger partial charge is 0.0653 e. The maximum atomic E-state index is 5.80. The summed E-state index contributed by atoms with van der Waals surface area (Å²) < 4.78 is 0. The zero-order valence-electron chi connectivity index (χ0n) is 11.3. The molecule has 0 bridgehead atoms. The Morgan fingerprint density at radius 2 is 1.88 bits per heavy atom. The Morgan fingerprint density at radius 1 is 1.12 bits per heavy atom. The molecule has 4 unspecified atom stereocenters. The first-order valence-corrected chi connectivity index (χ1v) is 7.27. The summed E-state index contributed by atoms with van der Waals surface area (Å²) in [6, 6.07) is 0. The Morgan fingerprint density at radius 3 is 2.56 bits per heavy atom. The fourth-order valence-corrected chi connectivity index (χ4v) is 4.66. The Kier molecular flexibility index (Phi) is 3.71. The van der Waals surface area contributed by atoms with Gasteiger partial charge in [0.25, 0.3) is 0 Å². The summed E-state index contributed by atoms with van der Waals surface area (Å²) in [6.45, 7) is 7.53. The summed E-state index contributed by atoms with van der Waals surface area (Å²) in [5, 5.41) is 0. The van der Waals surface area contributed by atoms with Crippen LogP contribution in [0.15, 0.2) is 0 Å². The van der Waals surface area contributed by atoms with Crippen LogP contribution in [-0.4, -0.2) is 7.85 Å². The summed E-state index contributed by atoms with van der Waals surface area (Å²) in [7, 11) is 5.80. The molecule has 2 rings (SSSR count). The lowest BCUT2D eigenvalue weighted by Gasteiger charge is -2.40. The molecule has 0 heterocycles. The molecule has 0 aliphatic heterocycles. The second-order valence-electron chi connectivity index (χ2n) is 6.85. The minimum Gasteiger partial charge on any atom is -0.0884 e. The van der Waals surface area contributed by atoms with E-state index in [1.54, 1.807) is 0 Å². The Bertz CT molecular complexity index is 234. The van der Waals surface area contributed by atoms with Gasteiger partial charge in [0.15, 0.2) is 0 Å². The molecule has 90 valence electrons. The lowest BCUT2D eigenvalue weighted by Crippen LogP contribution is -2.33. The number of rotatable bonds is 2. The van der Waals surface area contributed by atoms with Crippen LogP contribution in [0.4, 0.5) is 0 Å². The van der Waals surface area contributed by atoms with E-state index >= 15 is 0 Å². The van der Waals surface area contributed by atoms with Crippen LogP contribution in [0.1, 0.15) is 59.3 Å². The summed E-state index contributed by atoms with van der Waals surface area (Å²) in [5.74, 6) is 3.81. The van der Waals surface area contributed by atoms with E-state index in [0.29, 0.717) is 5.41 Å². The van der Waals surface area contributed by atoms with E-state index in [0.717, 1.165) is 30.0 Å². The molecular weight excluding hydrogens is 191 g/mol. The van der Waals surface area contributed by atoms with Crippen molar-refractivity contribution in [2.75, 3.05) is 0 Å². The van der Waals surface area contributed by atoms with Crippen molar-refractivity contribution in [3.63, 3.8) is 0 Å². The summed E-state index contributed by atoms with van der Waals surface area (Å²) in [4.78, 5) is 0. The third-order valence-corrected chi connectivity index (χ3v) is 5.79. The van der Waals surface area contributed by atoms with E-state index in [1.165, 1.54) is 38.5 Å². The number of fused-ring (bicyclic) bond motifs is 1. The van der Waals surface area contributed by atoms with Crippen LogP contribution in [0.2, 0.25) is 6.32 Å². The SMILES string of the molecule is [B]CCC1CCC(C)C2CCCC2C1(C)C. The Balaban J connectivity index is 2.20. The lowest BCUT2D eigenvalue weighted by molar-refractivity contribution is 0.0876. The van der Waals surface area contributed by atoms with E-state index in [-0.39, 0.29) is 0 Å². The minimum atomic E-state index is 0.533. The highest BCUT2D eigenvalue weighted by molar-refractivity contribution is 6.08. The summed E-state index contributed by atoms with van der Waals surface area (Å²) in [6.07, 6.45) is 9.41. The maximum absolute atomic E-state index is 5.80. The minimum absolute atomic E-state index is 0.533. The van der Waals surface area contributed by atoms with Gasteiger partial charge in [-0.05, 0) is 48.3 Å². The van der Waals surface area contributed by atoms with Crippen molar-refractivity contribution in [2.45, 2.75) is 65.6 Å². The van der Waals surface area contributed by atoms with Gasteiger partial charge < -0.3 is 0 Å². The van der Waals surface area contributed by atoms with Gasteiger partial charge in [0.1, 0.15) is 0 Å². The van der Waals surface area contributed by atoms with E-state index in [1.807, 2.05) is 0 Å². The fraction of sp³-hybridized carbons (Fsp3) is 1.00. The van der Waals surface area contributed by atoms with Gasteiger partial charge in [-0.3, -0.25) is 0 Å². The van der Waals surface area contributed by atoms with Gasteiger partial charge in [-0.2, -0.15) is 0 Å². The fourth-order valence-electron chi connectivity index (χ4n) is 4.66. The molecule has 0 aromatic rings. The van der Waals surface area contributed by atoms with Crippen molar-refractivity contribution in [1.82, 2.24) is 0 Å². The molecule has 1 heteroatoms. The molecule has 2 aliphatic carbocycles. The lowest BCUT2D eigenvalue weighted by atomic mass is 9.64. The molecule has 0 N–H and O–H groups in total. The second kappa shape index (κ2) is 4.74. The molecule has 0 saturated heterocycles. The van der Waals surface area contributed by atoms with Crippen LogP contribution in [0.25, 0.3) is 0 Å². The number of hydrogen-bond donors (Lipinski definition) is 0. The monoisotopic (exact) mass is 218 g/mol. The van der Waals surface area contributed by atoms with Gasteiger partial charge in [0.2, 0.25) is 0 Å². The zero-order valence-corrected chi connectivity index (χ0v) is 11.3. The molecule has 2 fully saturated rings. The topological polar surface area (TPSA) is 0 Å². The van der Waals surface area contributed by atoms with Gasteiger partial charge in [-0.1, -0.05) is 46.4 Å². The standard InChI is InChI=1S/C15H27B/c1-11-7-8-12(9-10-16)15(2,3)14-6-4-5-13(11)14/h11-14H,4-10H2,1-3H3. The average Bonchev–Trinajstić information content (AvgIpc) is 2.69. The van der Waals surface area contributed by atoms with Crippen molar-refractivity contribution in [3.8, 4) is 0 Å². The summed E-state index contributed by atoms with van der Waals surface area (Å²) in [5.41, 5.74) is 0.533.